The molecule has 0 aliphatic carbocycles. The predicted molar refractivity (Wildman–Crippen MR) is 57.3 cm³/mol. The SMILES string of the molecule is NCCOC(=O)C1=CC=IC=C1. The van der Waals surface area contributed by atoms with Crippen molar-refractivity contribution < 1.29 is 9.53 Å². The molecule has 0 fully saturated rings. The van der Waals surface area contributed by atoms with Crippen molar-refractivity contribution in [3.8, 4) is 0 Å². The van der Waals surface area contributed by atoms with Crippen molar-refractivity contribution in [2.45, 2.75) is 0 Å². The molecule has 66 valence electrons. The molecule has 0 aromatic heterocycles. The monoisotopic (exact) mass is 279 g/mol. The Balaban J connectivity index is 2.47. The van der Waals surface area contributed by atoms with Gasteiger partial charge >= 0.3 is 5.97 Å². The summed E-state index contributed by atoms with van der Waals surface area (Å²) in [6.07, 6.45) is 3.62. The van der Waals surface area contributed by atoms with E-state index in [4.69, 9.17) is 10.5 Å². The number of nitrogens with two attached hydrogens (primary N) is 1. The van der Waals surface area contributed by atoms with Crippen molar-refractivity contribution in [1.29, 1.82) is 0 Å². The van der Waals surface area contributed by atoms with Crippen LogP contribution < -0.4 is 5.73 Å². The third kappa shape index (κ3) is 2.86. The van der Waals surface area contributed by atoms with E-state index in [0.29, 0.717) is 18.7 Å². The molecule has 1 rings (SSSR count). The van der Waals surface area contributed by atoms with Crippen LogP contribution in [0.5, 0.6) is 0 Å². The number of hydrogen-bond acceptors (Lipinski definition) is 3. The van der Waals surface area contributed by atoms with E-state index in [-0.39, 0.29) is 26.7 Å². The Morgan fingerprint density at radius 1 is 1.67 bits per heavy atom. The van der Waals surface area contributed by atoms with Crippen molar-refractivity contribution in [2.24, 2.45) is 5.73 Å². The molecule has 0 saturated heterocycles. The number of allylic oxidation sites excluding steroid dienone is 1. The van der Waals surface area contributed by atoms with Crippen LogP contribution in [0.3, 0.4) is 0 Å². The molecule has 0 spiro atoms. The maximum atomic E-state index is 11.2. The van der Waals surface area contributed by atoms with Crippen molar-refractivity contribution in [1.82, 2.24) is 0 Å². The van der Waals surface area contributed by atoms with Crippen molar-refractivity contribution in [3.05, 3.63) is 21.8 Å². The summed E-state index contributed by atoms with van der Waals surface area (Å²) in [7, 11) is 0. The first-order valence-electron chi connectivity index (χ1n) is 3.54. The molecule has 0 radical (unpaired) electrons. The molecule has 0 bridgehead atoms. The smallest absolute Gasteiger partial charge is 0.338 e. The van der Waals surface area contributed by atoms with Crippen molar-refractivity contribution >= 4 is 30.7 Å². The number of carbonyl (C=O) groups excluding carboxylic acids is 1. The van der Waals surface area contributed by atoms with Gasteiger partial charge in [-0.3, -0.25) is 0 Å². The Bertz CT molecular complexity index is 256. The van der Waals surface area contributed by atoms with Gasteiger partial charge in [-0.2, -0.15) is 0 Å². The zero-order chi connectivity index (χ0) is 8.81. The summed E-state index contributed by atoms with van der Waals surface area (Å²) in [4.78, 5) is 11.2. The maximum absolute atomic E-state index is 11.2. The van der Waals surface area contributed by atoms with E-state index in [1.807, 2.05) is 20.2 Å². The molecule has 0 atom stereocenters. The van der Waals surface area contributed by atoms with Gasteiger partial charge in [0.1, 0.15) is 6.61 Å². The molecule has 1 aliphatic heterocycles. The molecular weight excluding hydrogens is 269 g/mol. The first kappa shape index (κ1) is 9.60. The van der Waals surface area contributed by atoms with E-state index in [9.17, 15) is 4.79 Å². The van der Waals surface area contributed by atoms with Gasteiger partial charge in [-0.25, -0.2) is 4.79 Å². The summed E-state index contributed by atoms with van der Waals surface area (Å²) in [6.45, 7) is 0.665. The fourth-order valence-corrected chi connectivity index (χ4v) is 2.11. The van der Waals surface area contributed by atoms with Crippen LogP contribution in [0.15, 0.2) is 21.8 Å². The van der Waals surface area contributed by atoms with Gasteiger partial charge < -0.3 is 10.5 Å². The highest BCUT2D eigenvalue weighted by molar-refractivity contribution is 14.2. The quantitative estimate of drug-likeness (QED) is 0.611. The number of rotatable bonds is 3. The zero-order valence-electron chi connectivity index (χ0n) is 6.50. The first-order chi connectivity index (χ1) is 5.84. The van der Waals surface area contributed by atoms with Gasteiger partial charge in [-0.05, 0) is 20.2 Å². The van der Waals surface area contributed by atoms with Gasteiger partial charge in [0, 0.05) is 6.54 Å². The van der Waals surface area contributed by atoms with E-state index in [0.717, 1.165) is 0 Å². The third-order valence-corrected chi connectivity index (χ3v) is 2.77. The van der Waals surface area contributed by atoms with Crippen LogP contribution >= 0.6 is 20.7 Å². The minimum absolute atomic E-state index is 0.0340. The molecule has 1 heterocycles. The second-order valence-electron chi connectivity index (χ2n) is 2.09. The number of hydrogen-bond donors (Lipinski definition) is 1. The molecule has 0 amide bonds. The summed E-state index contributed by atoms with van der Waals surface area (Å²) >= 11 is 0.0340. The number of halogens is 1. The summed E-state index contributed by atoms with van der Waals surface area (Å²) in [5.74, 6) is -0.281. The summed E-state index contributed by atoms with van der Waals surface area (Å²) < 4.78 is 8.89. The highest BCUT2D eigenvalue weighted by Crippen LogP contribution is 2.10. The molecule has 1 aliphatic rings. The van der Waals surface area contributed by atoms with Gasteiger partial charge in [0.15, 0.2) is 0 Å². The average Bonchev–Trinajstić information content (AvgIpc) is 2.15. The van der Waals surface area contributed by atoms with Gasteiger partial charge in [0.25, 0.3) is 0 Å². The normalized spacial score (nSPS) is 14.9. The number of ether oxygens (including phenoxy) is 1. The van der Waals surface area contributed by atoms with Crippen LogP contribution in [-0.2, 0) is 9.53 Å². The Labute approximate surface area is 81.0 Å². The van der Waals surface area contributed by atoms with Crippen LogP contribution in [-0.4, -0.2) is 23.1 Å². The predicted octanol–water partition coefficient (Wildman–Crippen LogP) is 0.715. The fraction of sp³-hybridized carbons (Fsp3) is 0.250. The standard InChI is InChI=1S/C8H10INO2/c10-5-6-12-8(11)7-1-3-9-4-2-7/h1-4H,5-6,10H2. The Morgan fingerprint density at radius 2 is 2.50 bits per heavy atom. The number of esters is 1. The molecule has 3 nitrogen and oxygen atoms in total. The minimum Gasteiger partial charge on any atom is -0.461 e. The second-order valence-corrected chi connectivity index (χ2v) is 4.25. The van der Waals surface area contributed by atoms with E-state index < -0.39 is 0 Å². The van der Waals surface area contributed by atoms with E-state index in [1.54, 1.807) is 0 Å². The van der Waals surface area contributed by atoms with Crippen LogP contribution in [0, 0.1) is 0 Å². The Hall–Kier alpha value is -0.490. The average molecular weight is 279 g/mol. The largest absolute Gasteiger partial charge is 0.461 e. The fourth-order valence-electron chi connectivity index (χ4n) is 0.677. The van der Waals surface area contributed by atoms with E-state index in [2.05, 4.69) is 0 Å². The lowest BCUT2D eigenvalue weighted by Crippen LogP contribution is -2.14. The maximum Gasteiger partial charge on any atom is 0.338 e. The van der Waals surface area contributed by atoms with Gasteiger partial charge in [-0.15, -0.1) is 0 Å². The van der Waals surface area contributed by atoms with Gasteiger partial charge in [0.2, 0.25) is 0 Å². The minimum atomic E-state index is -0.281. The lowest BCUT2D eigenvalue weighted by Gasteiger charge is -2.03. The molecule has 0 unspecified atom stereocenters. The molecule has 2 N–H and O–H groups in total. The third-order valence-electron chi connectivity index (χ3n) is 1.22. The zero-order valence-corrected chi connectivity index (χ0v) is 8.65. The van der Waals surface area contributed by atoms with Crippen molar-refractivity contribution in [3.63, 3.8) is 0 Å². The highest BCUT2D eigenvalue weighted by atomic mass is 127. The molecular formula is C8H10INO2. The Morgan fingerprint density at radius 3 is 3.08 bits per heavy atom. The van der Waals surface area contributed by atoms with Crippen molar-refractivity contribution in [2.75, 3.05) is 13.2 Å². The molecule has 0 saturated carbocycles. The summed E-state index contributed by atoms with van der Waals surface area (Å²) in [6, 6.07) is 0. The molecule has 4 heteroatoms. The highest BCUT2D eigenvalue weighted by Gasteiger charge is 2.06. The molecule has 0 aromatic carbocycles. The molecule has 0 aromatic rings. The lowest BCUT2D eigenvalue weighted by molar-refractivity contribution is -0.138. The topological polar surface area (TPSA) is 52.3 Å². The summed E-state index contributed by atoms with van der Waals surface area (Å²) in [5, 5.41) is 0. The van der Waals surface area contributed by atoms with Crippen LogP contribution in [0.1, 0.15) is 0 Å². The molecule has 12 heavy (non-hydrogen) atoms. The van der Waals surface area contributed by atoms with Crippen LogP contribution in [0.2, 0.25) is 0 Å². The Kier molecular flexibility index (Phi) is 4.16. The van der Waals surface area contributed by atoms with E-state index >= 15 is 0 Å². The lowest BCUT2D eigenvalue weighted by atomic mass is 10.2. The van der Waals surface area contributed by atoms with Gasteiger partial charge in [0.05, 0.1) is 5.57 Å². The van der Waals surface area contributed by atoms with Crippen LogP contribution in [0.4, 0.5) is 0 Å². The number of carbonyl (C=O) groups is 1. The van der Waals surface area contributed by atoms with Crippen LogP contribution in [0.25, 0.3) is 0 Å². The van der Waals surface area contributed by atoms with Gasteiger partial charge in [-0.1, -0.05) is 20.7 Å². The second kappa shape index (κ2) is 5.21. The first-order valence-corrected chi connectivity index (χ1v) is 6.03. The van der Waals surface area contributed by atoms with E-state index in [1.165, 1.54) is 0 Å². The summed E-state index contributed by atoms with van der Waals surface area (Å²) in [5.41, 5.74) is 5.81.